The summed E-state index contributed by atoms with van der Waals surface area (Å²) in [5, 5.41) is 17.4. The fourth-order valence-corrected chi connectivity index (χ4v) is 2.69. The van der Waals surface area contributed by atoms with Gasteiger partial charge in [-0.15, -0.1) is 11.3 Å². The average Bonchev–Trinajstić information content (AvgIpc) is 3.06. The molecule has 1 N–H and O–H groups in total. The number of nitro groups is 1. The van der Waals surface area contributed by atoms with Crippen LogP contribution in [0.1, 0.15) is 11.1 Å². The number of anilines is 1. The molecule has 6 nitrogen and oxygen atoms in total. The second-order valence-electron chi connectivity index (χ2n) is 5.12. The van der Waals surface area contributed by atoms with Crippen molar-refractivity contribution in [2.24, 2.45) is 5.10 Å². The van der Waals surface area contributed by atoms with Crippen LogP contribution in [0.15, 0.2) is 59.0 Å². The zero-order chi connectivity index (χ0) is 16.9. The molecule has 0 spiro atoms. The van der Waals surface area contributed by atoms with Crippen LogP contribution in [-0.4, -0.2) is 16.1 Å². The molecule has 1 heterocycles. The number of hydrazone groups is 1. The molecule has 0 amide bonds. The second-order valence-corrected chi connectivity index (χ2v) is 5.98. The molecule has 7 heteroatoms. The normalized spacial score (nSPS) is 10.9. The van der Waals surface area contributed by atoms with Crippen LogP contribution < -0.4 is 5.43 Å². The van der Waals surface area contributed by atoms with Crippen LogP contribution >= 0.6 is 11.3 Å². The molecule has 0 aliphatic carbocycles. The van der Waals surface area contributed by atoms with Gasteiger partial charge >= 0.3 is 0 Å². The van der Waals surface area contributed by atoms with Crippen molar-refractivity contribution in [2.45, 2.75) is 6.92 Å². The Morgan fingerprint density at radius 2 is 1.88 bits per heavy atom. The minimum Gasteiger partial charge on any atom is -0.258 e. The summed E-state index contributed by atoms with van der Waals surface area (Å²) >= 11 is 1.42. The largest absolute Gasteiger partial charge is 0.269 e. The first-order valence-electron chi connectivity index (χ1n) is 7.18. The number of nitro benzene ring substituents is 1. The molecule has 0 aliphatic rings. The highest BCUT2D eigenvalue weighted by atomic mass is 32.1. The van der Waals surface area contributed by atoms with E-state index in [1.807, 2.05) is 36.6 Å². The fourth-order valence-electron chi connectivity index (χ4n) is 2.03. The Morgan fingerprint density at radius 3 is 2.54 bits per heavy atom. The lowest BCUT2D eigenvalue weighted by Gasteiger charge is -1.97. The van der Waals surface area contributed by atoms with E-state index in [-0.39, 0.29) is 5.69 Å². The Kier molecular flexibility index (Phi) is 4.62. The van der Waals surface area contributed by atoms with E-state index in [0.29, 0.717) is 5.13 Å². The van der Waals surface area contributed by atoms with Crippen LogP contribution in [0.3, 0.4) is 0 Å². The molecule has 0 bridgehead atoms. The maximum absolute atomic E-state index is 10.7. The Labute approximate surface area is 142 Å². The van der Waals surface area contributed by atoms with Gasteiger partial charge in [-0.1, -0.05) is 29.8 Å². The van der Waals surface area contributed by atoms with Gasteiger partial charge in [0, 0.05) is 23.1 Å². The molecule has 0 radical (unpaired) electrons. The molecule has 2 aromatic carbocycles. The summed E-state index contributed by atoms with van der Waals surface area (Å²) in [5.74, 6) is 0. The van der Waals surface area contributed by atoms with E-state index in [2.05, 4.69) is 15.5 Å². The summed E-state index contributed by atoms with van der Waals surface area (Å²) < 4.78 is 0. The van der Waals surface area contributed by atoms with Crippen molar-refractivity contribution < 1.29 is 4.92 Å². The zero-order valence-electron chi connectivity index (χ0n) is 12.8. The maximum Gasteiger partial charge on any atom is 0.269 e. The lowest BCUT2D eigenvalue weighted by atomic mass is 10.1. The Morgan fingerprint density at radius 1 is 1.17 bits per heavy atom. The van der Waals surface area contributed by atoms with Crippen LogP contribution in [0.25, 0.3) is 11.3 Å². The fraction of sp³-hybridized carbons (Fsp3) is 0.0588. The van der Waals surface area contributed by atoms with Crippen LogP contribution in [0.2, 0.25) is 0 Å². The van der Waals surface area contributed by atoms with Crippen molar-refractivity contribution in [2.75, 3.05) is 5.43 Å². The van der Waals surface area contributed by atoms with Crippen LogP contribution in [-0.2, 0) is 0 Å². The number of nitrogens with zero attached hydrogens (tertiary/aromatic N) is 3. The van der Waals surface area contributed by atoms with Gasteiger partial charge in [-0.05, 0) is 24.6 Å². The van der Waals surface area contributed by atoms with E-state index in [4.69, 9.17) is 0 Å². The number of non-ortho nitro benzene ring substituents is 1. The SMILES string of the molecule is Cc1ccc(/C=N\Nc2nc(-c3ccc([N+](=O)[O-])cc3)cs2)cc1. The molecular formula is C17H14N4O2S. The van der Waals surface area contributed by atoms with Gasteiger partial charge in [0.15, 0.2) is 0 Å². The first-order valence-corrected chi connectivity index (χ1v) is 8.06. The Balaban J connectivity index is 1.67. The highest BCUT2D eigenvalue weighted by Crippen LogP contribution is 2.26. The first-order chi connectivity index (χ1) is 11.6. The molecule has 0 saturated carbocycles. The van der Waals surface area contributed by atoms with Crippen LogP contribution in [0.4, 0.5) is 10.8 Å². The molecule has 1 aromatic heterocycles. The topological polar surface area (TPSA) is 80.4 Å². The van der Waals surface area contributed by atoms with E-state index < -0.39 is 4.92 Å². The number of hydrogen-bond acceptors (Lipinski definition) is 6. The van der Waals surface area contributed by atoms with Gasteiger partial charge in [0.25, 0.3) is 5.69 Å². The molecular weight excluding hydrogens is 324 g/mol. The third-order valence-corrected chi connectivity index (χ3v) is 4.08. The van der Waals surface area contributed by atoms with E-state index >= 15 is 0 Å². The average molecular weight is 338 g/mol. The molecule has 3 aromatic rings. The summed E-state index contributed by atoms with van der Waals surface area (Å²) in [7, 11) is 0. The summed E-state index contributed by atoms with van der Waals surface area (Å²) in [6, 6.07) is 14.3. The smallest absolute Gasteiger partial charge is 0.258 e. The lowest BCUT2D eigenvalue weighted by molar-refractivity contribution is -0.384. The van der Waals surface area contributed by atoms with Crippen LogP contribution in [0, 0.1) is 17.0 Å². The van der Waals surface area contributed by atoms with Gasteiger partial charge in [0.2, 0.25) is 5.13 Å². The van der Waals surface area contributed by atoms with Crippen molar-refractivity contribution in [3.8, 4) is 11.3 Å². The summed E-state index contributed by atoms with van der Waals surface area (Å²) in [6.45, 7) is 2.04. The number of aromatic nitrogens is 1. The molecule has 120 valence electrons. The van der Waals surface area contributed by atoms with Crippen LogP contribution in [0.5, 0.6) is 0 Å². The van der Waals surface area contributed by atoms with Gasteiger partial charge in [-0.25, -0.2) is 4.98 Å². The number of thiazole rings is 1. The van der Waals surface area contributed by atoms with Crippen molar-refractivity contribution >= 4 is 28.4 Å². The third-order valence-electron chi connectivity index (χ3n) is 3.33. The van der Waals surface area contributed by atoms with E-state index in [0.717, 1.165) is 16.8 Å². The van der Waals surface area contributed by atoms with Gasteiger partial charge in [0.1, 0.15) is 0 Å². The molecule has 0 aliphatic heterocycles. The summed E-state index contributed by atoms with van der Waals surface area (Å²) in [4.78, 5) is 14.7. The minimum atomic E-state index is -0.419. The highest BCUT2D eigenvalue weighted by molar-refractivity contribution is 7.14. The number of aryl methyl sites for hydroxylation is 1. The van der Waals surface area contributed by atoms with Crippen molar-refractivity contribution in [3.63, 3.8) is 0 Å². The minimum absolute atomic E-state index is 0.0648. The predicted molar refractivity (Wildman–Crippen MR) is 96.6 cm³/mol. The lowest BCUT2D eigenvalue weighted by Crippen LogP contribution is -1.90. The summed E-state index contributed by atoms with van der Waals surface area (Å²) in [6.07, 6.45) is 1.73. The van der Waals surface area contributed by atoms with E-state index in [1.165, 1.54) is 29.0 Å². The zero-order valence-corrected chi connectivity index (χ0v) is 13.7. The van der Waals surface area contributed by atoms with Gasteiger partial charge in [-0.2, -0.15) is 5.10 Å². The van der Waals surface area contributed by atoms with Gasteiger partial charge < -0.3 is 0 Å². The van der Waals surface area contributed by atoms with E-state index in [9.17, 15) is 10.1 Å². The number of benzene rings is 2. The molecule has 0 fully saturated rings. The Hall–Kier alpha value is -3.06. The number of rotatable bonds is 5. The quantitative estimate of drug-likeness (QED) is 0.423. The highest BCUT2D eigenvalue weighted by Gasteiger charge is 2.07. The van der Waals surface area contributed by atoms with Gasteiger partial charge in [0.05, 0.1) is 16.8 Å². The third kappa shape index (κ3) is 3.82. The Bertz CT molecular complexity index is 870. The summed E-state index contributed by atoms with van der Waals surface area (Å²) in [5.41, 5.74) is 6.74. The maximum atomic E-state index is 10.7. The standard InChI is InChI=1S/C17H14N4O2S/c1-12-2-4-13(5-3-12)10-18-20-17-19-16(11-24-17)14-6-8-15(9-7-14)21(22)23/h2-11H,1H3,(H,19,20)/b18-10-. The van der Waals surface area contributed by atoms with Gasteiger partial charge in [-0.3, -0.25) is 15.5 Å². The molecule has 24 heavy (non-hydrogen) atoms. The monoisotopic (exact) mass is 338 g/mol. The first kappa shape index (κ1) is 15.8. The molecule has 0 atom stereocenters. The number of nitrogens with one attached hydrogen (secondary N) is 1. The molecule has 3 rings (SSSR count). The second kappa shape index (κ2) is 7.01. The predicted octanol–water partition coefficient (Wildman–Crippen LogP) is 4.47. The van der Waals surface area contributed by atoms with Crippen molar-refractivity contribution in [1.82, 2.24) is 4.98 Å². The van der Waals surface area contributed by atoms with Crippen molar-refractivity contribution in [3.05, 3.63) is 75.2 Å². The van der Waals surface area contributed by atoms with E-state index in [1.54, 1.807) is 18.3 Å². The molecule has 0 saturated heterocycles. The number of hydrogen-bond donors (Lipinski definition) is 1. The molecule has 0 unspecified atom stereocenters. The van der Waals surface area contributed by atoms with Crippen molar-refractivity contribution in [1.29, 1.82) is 0 Å².